The molecular weight excluding hydrogens is 585 g/mol. The zero-order valence-electron chi connectivity index (χ0n) is 25.8. The van der Waals surface area contributed by atoms with Crippen LogP contribution in [0.25, 0.3) is 87.9 Å². The maximum atomic E-state index is 9.55. The van der Waals surface area contributed by atoms with Crippen LogP contribution < -0.4 is 0 Å². The number of aromatic nitrogens is 3. The highest BCUT2D eigenvalue weighted by atomic mass is 15.1. The van der Waals surface area contributed by atoms with Crippen LogP contribution in [0.2, 0.25) is 0 Å². The van der Waals surface area contributed by atoms with Crippen molar-refractivity contribution in [3.8, 4) is 28.8 Å². The highest BCUT2D eigenvalue weighted by molar-refractivity contribution is 6.19. The van der Waals surface area contributed by atoms with Gasteiger partial charge in [-0.3, -0.25) is 9.13 Å². The average Bonchev–Trinajstić information content (AvgIpc) is 3.68. The molecule has 0 N–H and O–H groups in total. The topological polar surface area (TPSA) is 46.5 Å². The molecule has 0 atom stereocenters. The Bertz CT molecular complexity index is 2780. The Kier molecular flexibility index (Phi) is 5.61. The van der Waals surface area contributed by atoms with Crippen LogP contribution in [0.5, 0.6) is 0 Å². The minimum absolute atomic E-state index is 0.635. The molecule has 0 aliphatic heterocycles. The number of nitrogens with zero attached hydrogens (tertiary/aromatic N) is 4. The highest BCUT2D eigenvalue weighted by Gasteiger charge is 2.20. The third kappa shape index (κ3) is 3.79. The van der Waals surface area contributed by atoms with E-state index < -0.39 is 0 Å². The summed E-state index contributed by atoms with van der Waals surface area (Å²) in [5, 5.41) is 19.0. The van der Waals surface area contributed by atoms with Gasteiger partial charge in [0, 0.05) is 32.3 Å². The quantitative estimate of drug-likeness (QED) is 0.200. The smallest absolute Gasteiger partial charge is 0.140 e. The van der Waals surface area contributed by atoms with Crippen molar-refractivity contribution in [3.63, 3.8) is 0 Å². The molecule has 3 aromatic heterocycles. The lowest BCUT2D eigenvalue weighted by Gasteiger charge is -2.16. The van der Waals surface area contributed by atoms with Crippen molar-refractivity contribution in [2.45, 2.75) is 0 Å². The molecule has 0 amide bonds. The van der Waals surface area contributed by atoms with Gasteiger partial charge in [-0.15, -0.1) is 0 Å². The molecule has 4 nitrogen and oxygen atoms in total. The summed E-state index contributed by atoms with van der Waals surface area (Å²) in [5.74, 6) is 1.67. The molecule has 0 saturated heterocycles. The molecule has 0 aliphatic carbocycles. The first-order chi connectivity index (χ1) is 23.8. The first-order valence-corrected chi connectivity index (χ1v) is 16.1. The van der Waals surface area contributed by atoms with Crippen molar-refractivity contribution < 1.29 is 0 Å². The zero-order valence-corrected chi connectivity index (χ0v) is 25.8. The molecule has 0 bridgehead atoms. The second-order valence-corrected chi connectivity index (χ2v) is 12.3. The van der Waals surface area contributed by atoms with Crippen molar-refractivity contribution in [2.75, 3.05) is 0 Å². The van der Waals surface area contributed by atoms with Crippen LogP contribution in [-0.4, -0.2) is 14.1 Å². The van der Waals surface area contributed by atoms with E-state index in [1.54, 1.807) is 0 Å². The van der Waals surface area contributed by atoms with E-state index in [9.17, 15) is 5.26 Å². The average molecular weight is 611 g/mol. The molecule has 4 heteroatoms. The molecule has 0 unspecified atom stereocenters. The van der Waals surface area contributed by atoms with Gasteiger partial charge in [0.1, 0.15) is 11.6 Å². The maximum absolute atomic E-state index is 9.55. The normalized spacial score (nSPS) is 11.7. The van der Waals surface area contributed by atoms with Crippen molar-refractivity contribution in [3.05, 3.63) is 163 Å². The second kappa shape index (κ2) is 10.2. The summed E-state index contributed by atoms with van der Waals surface area (Å²) in [6.07, 6.45) is 0. The largest absolute Gasteiger partial charge is 0.293 e. The number of pyridine rings is 1. The lowest BCUT2D eigenvalue weighted by atomic mass is 10.0. The van der Waals surface area contributed by atoms with Gasteiger partial charge in [0.25, 0.3) is 0 Å². The lowest BCUT2D eigenvalue weighted by Crippen LogP contribution is -2.05. The molecule has 0 spiro atoms. The van der Waals surface area contributed by atoms with Crippen molar-refractivity contribution in [2.24, 2.45) is 0 Å². The predicted molar refractivity (Wildman–Crippen MR) is 198 cm³/mol. The number of hydrogen-bond donors (Lipinski definition) is 0. The number of fused-ring (bicyclic) bond motifs is 10. The number of para-hydroxylation sites is 2. The van der Waals surface area contributed by atoms with Crippen molar-refractivity contribution in [1.29, 1.82) is 5.26 Å². The standard InChI is InChI=1S/C44H26N4/c45-27-28-17-19-29(20-18-28)32-25-41(47-39-15-7-5-13-35(39)37-23-21-30-9-1-3-11-33(30)43(37)47)46-42(26-32)48-40-16-8-6-14-36(40)38-24-22-31-10-2-4-12-34(31)44(38)48/h1-26H. The highest BCUT2D eigenvalue weighted by Crippen LogP contribution is 2.40. The summed E-state index contributed by atoms with van der Waals surface area (Å²) in [7, 11) is 0. The van der Waals surface area contributed by atoms with E-state index in [2.05, 4.69) is 149 Å². The summed E-state index contributed by atoms with van der Waals surface area (Å²) in [6.45, 7) is 0. The Morgan fingerprint density at radius 3 is 1.38 bits per heavy atom. The molecule has 0 fully saturated rings. The Morgan fingerprint density at radius 2 is 0.875 bits per heavy atom. The molecule has 7 aromatic carbocycles. The Morgan fingerprint density at radius 1 is 0.417 bits per heavy atom. The molecular formula is C44H26N4. The summed E-state index contributed by atoms with van der Waals surface area (Å²) in [5.41, 5.74) is 7.16. The molecule has 10 rings (SSSR count). The van der Waals surface area contributed by atoms with Gasteiger partial charge >= 0.3 is 0 Å². The Labute approximate surface area is 276 Å². The fourth-order valence-electron chi connectivity index (χ4n) is 7.57. The van der Waals surface area contributed by atoms with Gasteiger partial charge in [0.2, 0.25) is 0 Å². The molecule has 10 aromatic rings. The Hall–Kier alpha value is -6.70. The van der Waals surface area contributed by atoms with Crippen LogP contribution in [0, 0.1) is 11.3 Å². The first kappa shape index (κ1) is 26.5. The number of rotatable bonds is 3. The van der Waals surface area contributed by atoms with Crippen LogP contribution in [0.15, 0.2) is 158 Å². The summed E-state index contributed by atoms with van der Waals surface area (Å²) in [4.78, 5) is 5.57. The zero-order chi connectivity index (χ0) is 31.8. The maximum Gasteiger partial charge on any atom is 0.140 e. The fourth-order valence-corrected chi connectivity index (χ4v) is 7.57. The fraction of sp³-hybridized carbons (Fsp3) is 0. The molecule has 0 aliphatic rings. The van der Waals surface area contributed by atoms with E-state index in [0.717, 1.165) is 44.8 Å². The second-order valence-electron chi connectivity index (χ2n) is 12.3. The van der Waals surface area contributed by atoms with Gasteiger partial charge in [0.05, 0.1) is 33.7 Å². The summed E-state index contributed by atoms with van der Waals surface area (Å²) in [6, 6.07) is 57.7. The first-order valence-electron chi connectivity index (χ1n) is 16.1. The van der Waals surface area contributed by atoms with E-state index in [1.165, 1.54) is 43.1 Å². The van der Waals surface area contributed by atoms with E-state index in [-0.39, 0.29) is 0 Å². The predicted octanol–water partition coefficient (Wildman–Crippen LogP) is 11.1. The minimum atomic E-state index is 0.635. The third-order valence-electron chi connectivity index (χ3n) is 9.72. The van der Waals surface area contributed by atoms with Crippen LogP contribution >= 0.6 is 0 Å². The number of benzene rings is 7. The Balaban J connectivity index is 1.38. The van der Waals surface area contributed by atoms with Crippen LogP contribution in [0.4, 0.5) is 0 Å². The molecule has 3 heterocycles. The molecule has 48 heavy (non-hydrogen) atoms. The van der Waals surface area contributed by atoms with E-state index in [1.807, 2.05) is 24.3 Å². The number of hydrogen-bond acceptors (Lipinski definition) is 2. The van der Waals surface area contributed by atoms with Gasteiger partial charge in [-0.1, -0.05) is 121 Å². The summed E-state index contributed by atoms with van der Waals surface area (Å²) >= 11 is 0. The van der Waals surface area contributed by atoms with Gasteiger partial charge < -0.3 is 0 Å². The minimum Gasteiger partial charge on any atom is -0.293 e. The molecule has 222 valence electrons. The monoisotopic (exact) mass is 610 g/mol. The van der Waals surface area contributed by atoms with E-state index in [0.29, 0.717) is 5.56 Å². The lowest BCUT2D eigenvalue weighted by molar-refractivity contribution is 1.02. The third-order valence-corrected chi connectivity index (χ3v) is 9.72. The van der Waals surface area contributed by atoms with Crippen molar-refractivity contribution >= 4 is 65.2 Å². The van der Waals surface area contributed by atoms with Gasteiger partial charge in [0.15, 0.2) is 0 Å². The SMILES string of the molecule is N#Cc1ccc(-c2cc(-n3c4ccccc4c4ccc5ccccc5c43)nc(-n3c4ccccc4c4ccc5ccccc5c43)c2)cc1. The van der Waals surface area contributed by atoms with Crippen LogP contribution in [0.1, 0.15) is 5.56 Å². The van der Waals surface area contributed by atoms with Crippen LogP contribution in [-0.2, 0) is 0 Å². The summed E-state index contributed by atoms with van der Waals surface area (Å²) < 4.78 is 4.66. The van der Waals surface area contributed by atoms with Crippen molar-refractivity contribution in [1.82, 2.24) is 14.1 Å². The van der Waals surface area contributed by atoms with Gasteiger partial charge in [-0.25, -0.2) is 4.98 Å². The van der Waals surface area contributed by atoms with E-state index in [4.69, 9.17) is 4.98 Å². The van der Waals surface area contributed by atoms with E-state index >= 15 is 0 Å². The van der Waals surface area contributed by atoms with Crippen LogP contribution in [0.3, 0.4) is 0 Å². The molecule has 0 saturated carbocycles. The van der Waals surface area contributed by atoms with Gasteiger partial charge in [-0.2, -0.15) is 5.26 Å². The number of nitriles is 1. The van der Waals surface area contributed by atoms with Gasteiger partial charge in [-0.05, 0) is 58.3 Å². The molecule has 0 radical (unpaired) electrons.